The third-order valence-electron chi connectivity index (χ3n) is 2.88. The summed E-state index contributed by atoms with van der Waals surface area (Å²) in [7, 11) is -3.64. The van der Waals surface area contributed by atoms with Crippen LogP contribution in [0.25, 0.3) is 0 Å². The summed E-state index contributed by atoms with van der Waals surface area (Å²) in [5, 5.41) is 6.79. The van der Waals surface area contributed by atoms with Crippen molar-refractivity contribution >= 4 is 10.0 Å². The summed E-state index contributed by atoms with van der Waals surface area (Å²) in [4.78, 5) is 0.145. The van der Waals surface area contributed by atoms with E-state index in [2.05, 4.69) is 15.2 Å². The molecule has 2 aromatic rings. The van der Waals surface area contributed by atoms with Gasteiger partial charge in [-0.15, -0.1) is 0 Å². The van der Waals surface area contributed by atoms with Gasteiger partial charge in [-0.2, -0.15) is 0 Å². The highest BCUT2D eigenvalue weighted by Crippen LogP contribution is 2.20. The molecule has 0 fully saturated rings. The van der Waals surface area contributed by atoms with Gasteiger partial charge in [0.25, 0.3) is 0 Å². The Morgan fingerprint density at radius 1 is 1.19 bits per heavy atom. The van der Waals surface area contributed by atoms with Gasteiger partial charge in [0.2, 0.25) is 10.0 Å². The van der Waals surface area contributed by atoms with Crippen molar-refractivity contribution in [3.05, 3.63) is 35.1 Å². The molecule has 0 saturated carbocycles. The minimum atomic E-state index is -3.64. The van der Waals surface area contributed by atoms with Gasteiger partial charge in [0.1, 0.15) is 16.4 Å². The van der Waals surface area contributed by atoms with Crippen LogP contribution in [0.15, 0.2) is 26.0 Å². The van der Waals surface area contributed by atoms with Gasteiger partial charge in [0, 0.05) is 12.1 Å². The number of hydrogen-bond donors (Lipinski definition) is 2. The summed E-state index contributed by atoms with van der Waals surface area (Å²) in [6, 6.07) is 3.22. The average Bonchev–Trinajstić information content (AvgIpc) is 3.00. The normalized spacial score (nSPS) is 12.0. The number of rotatable bonds is 7. The van der Waals surface area contributed by atoms with Gasteiger partial charge < -0.3 is 14.3 Å². The van der Waals surface area contributed by atoms with E-state index in [0.717, 1.165) is 6.54 Å². The van der Waals surface area contributed by atoms with Crippen LogP contribution in [0, 0.1) is 13.8 Å². The van der Waals surface area contributed by atoms with Crippen LogP contribution in [0.3, 0.4) is 0 Å². The molecule has 0 unspecified atom stereocenters. The largest absolute Gasteiger partial charge is 0.464 e. The molecule has 8 heteroatoms. The van der Waals surface area contributed by atoms with Crippen LogP contribution in [-0.2, 0) is 23.1 Å². The topological polar surface area (TPSA) is 97.4 Å². The second-order valence-corrected chi connectivity index (χ2v) is 6.41. The Bertz CT molecular complexity index is 703. The van der Waals surface area contributed by atoms with E-state index in [0.29, 0.717) is 29.5 Å². The molecule has 2 N–H and O–H groups in total. The summed E-state index contributed by atoms with van der Waals surface area (Å²) in [5.41, 5.74) is 0.705. The lowest BCUT2D eigenvalue weighted by Gasteiger charge is -2.02. The van der Waals surface area contributed by atoms with E-state index >= 15 is 0 Å². The molecule has 0 radical (unpaired) electrons. The first-order valence-electron chi connectivity index (χ1n) is 6.64. The number of hydrogen-bond acceptors (Lipinski definition) is 6. The predicted octanol–water partition coefficient (Wildman–Crippen LogP) is 1.47. The van der Waals surface area contributed by atoms with E-state index in [9.17, 15) is 8.42 Å². The molecular weight excluding hydrogens is 294 g/mol. The highest BCUT2D eigenvalue weighted by Gasteiger charge is 2.21. The minimum Gasteiger partial charge on any atom is -0.464 e. The third-order valence-corrected chi connectivity index (χ3v) is 4.38. The first-order chi connectivity index (χ1) is 9.92. The molecule has 2 rings (SSSR count). The number of nitrogens with one attached hydrogen (secondary N) is 2. The molecule has 0 aromatic carbocycles. The van der Waals surface area contributed by atoms with E-state index in [1.54, 1.807) is 19.9 Å². The Labute approximate surface area is 123 Å². The van der Waals surface area contributed by atoms with Crippen molar-refractivity contribution < 1.29 is 17.4 Å². The smallest absolute Gasteiger partial charge is 0.244 e. The van der Waals surface area contributed by atoms with E-state index in [4.69, 9.17) is 8.94 Å². The number of sulfonamides is 1. The summed E-state index contributed by atoms with van der Waals surface area (Å²) in [5.74, 6) is 1.42. The van der Waals surface area contributed by atoms with Crippen LogP contribution in [0.2, 0.25) is 0 Å². The van der Waals surface area contributed by atoms with Gasteiger partial charge in [-0.1, -0.05) is 12.1 Å². The molecule has 0 aliphatic carbocycles. The Morgan fingerprint density at radius 3 is 2.57 bits per heavy atom. The maximum absolute atomic E-state index is 12.3. The van der Waals surface area contributed by atoms with E-state index in [1.165, 1.54) is 6.07 Å². The molecule has 0 saturated heterocycles. The maximum atomic E-state index is 12.3. The van der Waals surface area contributed by atoms with Crippen molar-refractivity contribution in [2.45, 2.75) is 38.8 Å². The van der Waals surface area contributed by atoms with Crippen LogP contribution in [0.1, 0.15) is 29.9 Å². The van der Waals surface area contributed by atoms with E-state index in [1.807, 2.05) is 6.92 Å². The highest BCUT2D eigenvalue weighted by atomic mass is 32.2. The molecule has 0 aliphatic rings. The number of aromatic nitrogens is 1. The minimum absolute atomic E-state index is 0.0519. The first kappa shape index (κ1) is 15.7. The van der Waals surface area contributed by atoms with Gasteiger partial charge in [-0.3, -0.25) is 0 Å². The quantitative estimate of drug-likeness (QED) is 0.803. The fourth-order valence-corrected chi connectivity index (χ4v) is 3.06. The first-order valence-corrected chi connectivity index (χ1v) is 8.12. The number of aryl methyl sites for hydroxylation is 2. The number of furan rings is 1. The molecule has 2 heterocycles. The van der Waals surface area contributed by atoms with Gasteiger partial charge >= 0.3 is 0 Å². The third kappa shape index (κ3) is 3.93. The van der Waals surface area contributed by atoms with Crippen LogP contribution in [0.4, 0.5) is 0 Å². The Balaban J connectivity index is 2.09. The van der Waals surface area contributed by atoms with Crippen LogP contribution >= 0.6 is 0 Å². The van der Waals surface area contributed by atoms with E-state index < -0.39 is 10.0 Å². The monoisotopic (exact) mass is 313 g/mol. The Morgan fingerprint density at radius 2 is 1.95 bits per heavy atom. The van der Waals surface area contributed by atoms with Crippen molar-refractivity contribution in [1.29, 1.82) is 0 Å². The van der Waals surface area contributed by atoms with Gasteiger partial charge in [0.15, 0.2) is 5.76 Å². The van der Waals surface area contributed by atoms with Crippen molar-refractivity contribution in [2.24, 2.45) is 0 Å². The molecule has 0 aliphatic heterocycles. The number of nitrogens with zero attached hydrogens (tertiary/aromatic N) is 1. The zero-order chi connectivity index (χ0) is 15.5. The predicted molar refractivity (Wildman–Crippen MR) is 76.1 cm³/mol. The van der Waals surface area contributed by atoms with Crippen molar-refractivity contribution in [3.8, 4) is 0 Å². The summed E-state index contributed by atoms with van der Waals surface area (Å²) in [6.45, 7) is 6.70. The molecular formula is C13H19N3O4S. The molecule has 0 atom stereocenters. The molecule has 116 valence electrons. The second-order valence-electron chi connectivity index (χ2n) is 4.67. The fourth-order valence-electron chi connectivity index (χ4n) is 1.87. The van der Waals surface area contributed by atoms with Crippen LogP contribution in [0.5, 0.6) is 0 Å². The molecule has 2 aromatic heterocycles. The highest BCUT2D eigenvalue weighted by molar-refractivity contribution is 7.89. The van der Waals surface area contributed by atoms with Gasteiger partial charge in [0.05, 0.1) is 18.8 Å². The van der Waals surface area contributed by atoms with Crippen molar-refractivity contribution in [1.82, 2.24) is 15.2 Å². The summed E-state index contributed by atoms with van der Waals surface area (Å²) < 4.78 is 37.4. The summed E-state index contributed by atoms with van der Waals surface area (Å²) in [6.07, 6.45) is 0. The Hall–Kier alpha value is -1.64. The molecule has 0 bridgehead atoms. The molecule has 21 heavy (non-hydrogen) atoms. The molecule has 0 amide bonds. The van der Waals surface area contributed by atoms with Crippen LogP contribution in [-0.4, -0.2) is 20.1 Å². The van der Waals surface area contributed by atoms with Crippen molar-refractivity contribution in [2.75, 3.05) is 6.54 Å². The SMILES string of the molecule is CCNCc1cc(S(=O)(=O)NCc2cc(C)no2)c(C)o1. The zero-order valence-corrected chi connectivity index (χ0v) is 13.1. The van der Waals surface area contributed by atoms with Crippen LogP contribution < -0.4 is 10.0 Å². The Kier molecular flexibility index (Phi) is 4.81. The van der Waals surface area contributed by atoms with Gasteiger partial charge in [-0.25, -0.2) is 13.1 Å². The average molecular weight is 313 g/mol. The maximum Gasteiger partial charge on any atom is 0.244 e. The lowest BCUT2D eigenvalue weighted by molar-refractivity contribution is 0.377. The second kappa shape index (κ2) is 6.42. The standard InChI is InChI=1S/C13H19N3O4S/c1-4-14-7-11-6-13(10(3)19-11)21(17,18)15-8-12-5-9(2)16-20-12/h5-6,14-15H,4,7-8H2,1-3H3. The summed E-state index contributed by atoms with van der Waals surface area (Å²) >= 11 is 0. The van der Waals surface area contributed by atoms with E-state index in [-0.39, 0.29) is 11.4 Å². The lowest BCUT2D eigenvalue weighted by Crippen LogP contribution is -2.23. The lowest BCUT2D eigenvalue weighted by atomic mass is 10.4. The fraction of sp³-hybridized carbons (Fsp3) is 0.462. The molecule has 0 spiro atoms. The molecule has 7 nitrogen and oxygen atoms in total. The van der Waals surface area contributed by atoms with Crippen molar-refractivity contribution in [3.63, 3.8) is 0 Å². The van der Waals surface area contributed by atoms with Gasteiger partial charge in [-0.05, 0) is 20.4 Å². The zero-order valence-electron chi connectivity index (χ0n) is 12.3.